The van der Waals surface area contributed by atoms with E-state index in [1.165, 1.54) is 6.42 Å². The summed E-state index contributed by atoms with van der Waals surface area (Å²) in [6, 6.07) is -0.544. The van der Waals surface area contributed by atoms with E-state index in [-0.39, 0.29) is 37.0 Å². The normalized spacial score (nSPS) is 39.8. The van der Waals surface area contributed by atoms with Gasteiger partial charge in [-0.3, -0.25) is 14.4 Å². The summed E-state index contributed by atoms with van der Waals surface area (Å²) in [6.07, 6.45) is 16.3. The minimum Gasteiger partial charge on any atom is -0.465 e. The molecule has 34 heavy (non-hydrogen) atoms. The van der Waals surface area contributed by atoms with Crippen LogP contribution in [0.2, 0.25) is 0 Å². The second-order valence-electron chi connectivity index (χ2n) is 10.5. The number of likely N-dealkylation sites (tertiary alicyclic amines) is 1. The molecule has 4 aliphatic heterocycles. The first kappa shape index (κ1) is 23.9. The molecule has 0 aromatic carbocycles. The average Bonchev–Trinajstić information content (AvgIpc) is 3.14. The van der Waals surface area contributed by atoms with Crippen molar-refractivity contribution in [2.75, 3.05) is 26.3 Å². The molecule has 0 aromatic rings. The zero-order valence-electron chi connectivity index (χ0n) is 20.0. The third kappa shape index (κ3) is 3.72. The van der Waals surface area contributed by atoms with Gasteiger partial charge in [-0.2, -0.15) is 0 Å². The molecule has 1 saturated carbocycles. The number of rotatable bonds is 3. The van der Waals surface area contributed by atoms with Gasteiger partial charge >= 0.3 is 5.97 Å². The largest absolute Gasteiger partial charge is 0.465 e. The van der Waals surface area contributed by atoms with Gasteiger partial charge in [0, 0.05) is 23.9 Å². The van der Waals surface area contributed by atoms with Crippen LogP contribution in [0.1, 0.15) is 58.3 Å². The van der Waals surface area contributed by atoms with Crippen LogP contribution in [0.25, 0.3) is 0 Å². The number of hydrogen-bond acceptors (Lipinski definition) is 6. The van der Waals surface area contributed by atoms with Gasteiger partial charge < -0.3 is 19.6 Å². The summed E-state index contributed by atoms with van der Waals surface area (Å²) in [5.41, 5.74) is 0. The highest BCUT2D eigenvalue weighted by atomic mass is 32.2. The second kappa shape index (κ2) is 9.34. The van der Waals surface area contributed by atoms with Crippen molar-refractivity contribution in [2.45, 2.75) is 79.9 Å². The number of thioether (sulfide) groups is 1. The summed E-state index contributed by atoms with van der Waals surface area (Å²) in [7, 11) is 0. The van der Waals surface area contributed by atoms with Gasteiger partial charge in [-0.1, -0.05) is 43.6 Å². The van der Waals surface area contributed by atoms with Crippen molar-refractivity contribution in [3.05, 3.63) is 24.3 Å². The Labute approximate surface area is 205 Å². The molecule has 5 atom stereocenters. The number of aliphatic hydroxyl groups is 1. The van der Waals surface area contributed by atoms with Crippen LogP contribution in [-0.2, 0) is 19.1 Å². The fourth-order valence-electron chi connectivity index (χ4n) is 6.88. The monoisotopic (exact) mass is 488 g/mol. The number of amides is 2. The van der Waals surface area contributed by atoms with E-state index in [1.54, 1.807) is 16.7 Å². The third-order valence-corrected chi connectivity index (χ3v) is 10.2. The predicted molar refractivity (Wildman–Crippen MR) is 130 cm³/mol. The van der Waals surface area contributed by atoms with Crippen LogP contribution in [0.5, 0.6) is 0 Å². The minimum atomic E-state index is -0.858. The van der Waals surface area contributed by atoms with Gasteiger partial charge in [0.05, 0.1) is 29.8 Å². The van der Waals surface area contributed by atoms with Crippen molar-refractivity contribution in [3.8, 4) is 0 Å². The van der Waals surface area contributed by atoms with Gasteiger partial charge in [0.15, 0.2) is 0 Å². The Morgan fingerprint density at radius 1 is 1.03 bits per heavy atom. The highest BCUT2D eigenvalue weighted by Gasteiger charge is 2.73. The van der Waals surface area contributed by atoms with Gasteiger partial charge in [-0.05, 0) is 39.0 Å². The first-order valence-corrected chi connectivity index (χ1v) is 13.7. The quantitative estimate of drug-likeness (QED) is 0.486. The molecule has 4 heterocycles. The summed E-state index contributed by atoms with van der Waals surface area (Å²) < 4.78 is 4.17. The number of ether oxygens (including phenoxy) is 1. The lowest BCUT2D eigenvalue weighted by molar-refractivity contribution is -0.154. The van der Waals surface area contributed by atoms with E-state index in [9.17, 15) is 19.5 Å². The Balaban J connectivity index is 1.59. The molecule has 5 rings (SSSR count). The SMILES string of the molecule is C[C@@]12/C=C\CCCCOC(=O)[C@@H]1[C@H]1C(=O)N(CCO)C3C(=O)N(C4CCCCC4)CC=C[C@@]31S2. The zero-order valence-corrected chi connectivity index (χ0v) is 20.8. The second-order valence-corrected chi connectivity index (χ2v) is 12.3. The van der Waals surface area contributed by atoms with Crippen LogP contribution in [0.3, 0.4) is 0 Å². The molecule has 7 nitrogen and oxygen atoms in total. The number of esters is 1. The Kier molecular flexibility index (Phi) is 6.57. The van der Waals surface area contributed by atoms with E-state index in [0.717, 1.165) is 44.9 Å². The number of nitrogens with zero attached hydrogens (tertiary/aromatic N) is 2. The molecule has 1 unspecified atom stereocenters. The van der Waals surface area contributed by atoms with Crippen LogP contribution >= 0.6 is 11.8 Å². The maximum atomic E-state index is 14.2. The summed E-state index contributed by atoms with van der Waals surface area (Å²) in [5.74, 6) is -1.98. The highest BCUT2D eigenvalue weighted by Crippen LogP contribution is 2.65. The van der Waals surface area contributed by atoms with E-state index in [1.807, 2.05) is 24.0 Å². The number of hydrogen-bond donors (Lipinski definition) is 1. The lowest BCUT2D eigenvalue weighted by Crippen LogP contribution is -2.56. The van der Waals surface area contributed by atoms with E-state index < -0.39 is 27.4 Å². The Hall–Kier alpha value is -1.80. The minimum absolute atomic E-state index is 0.0432. The molecule has 0 aromatic heterocycles. The van der Waals surface area contributed by atoms with Crippen LogP contribution < -0.4 is 0 Å². The molecule has 3 fully saturated rings. The molecule has 1 spiro atoms. The molecular formula is C26H36N2O5S. The molecule has 5 aliphatic rings. The van der Waals surface area contributed by atoms with Crippen molar-refractivity contribution in [1.82, 2.24) is 9.80 Å². The smallest absolute Gasteiger partial charge is 0.311 e. The lowest BCUT2D eigenvalue weighted by Gasteiger charge is -2.39. The number of cyclic esters (lactones) is 1. The lowest BCUT2D eigenvalue weighted by atomic mass is 9.74. The molecule has 2 saturated heterocycles. The topological polar surface area (TPSA) is 87.1 Å². The van der Waals surface area contributed by atoms with Gasteiger partial charge in [0.1, 0.15) is 6.04 Å². The number of aliphatic hydroxyl groups excluding tert-OH is 1. The maximum absolute atomic E-state index is 14.2. The summed E-state index contributed by atoms with van der Waals surface area (Å²) >= 11 is 1.57. The summed E-state index contributed by atoms with van der Waals surface area (Å²) in [5, 5.41) is 9.81. The van der Waals surface area contributed by atoms with Gasteiger partial charge in [0.2, 0.25) is 11.8 Å². The molecule has 2 amide bonds. The number of carbonyl (C=O) groups is 3. The Bertz CT molecular complexity index is 900. The maximum Gasteiger partial charge on any atom is 0.311 e. The molecule has 0 radical (unpaired) electrons. The standard InChI is InChI=1S/C26H36N2O5S/c1-25-12-7-2-3-8-17-33-24(32)20(25)19-22(30)28(15-16-29)21-23(31)27(18-10-5-4-6-11-18)14-9-13-26(19,21)34-25/h7,9,12-13,18-21,29H,2-6,8,10-11,14-17H2,1H3/b12-7-/t19-,20-,21?,25+,26-/m0/s1. The van der Waals surface area contributed by atoms with E-state index >= 15 is 0 Å². The summed E-state index contributed by atoms with van der Waals surface area (Å²) in [4.78, 5) is 45.1. The fraction of sp³-hybridized carbons (Fsp3) is 0.731. The van der Waals surface area contributed by atoms with E-state index in [2.05, 4.69) is 12.2 Å². The van der Waals surface area contributed by atoms with Gasteiger partial charge in [-0.25, -0.2) is 0 Å². The molecule has 1 N–H and O–H groups in total. The van der Waals surface area contributed by atoms with Crippen LogP contribution in [0, 0.1) is 11.8 Å². The Morgan fingerprint density at radius 2 is 1.82 bits per heavy atom. The first-order chi connectivity index (χ1) is 16.4. The Morgan fingerprint density at radius 3 is 2.59 bits per heavy atom. The first-order valence-electron chi connectivity index (χ1n) is 12.9. The van der Waals surface area contributed by atoms with Crippen molar-refractivity contribution in [2.24, 2.45) is 11.8 Å². The number of fused-ring (bicyclic) bond motifs is 2. The van der Waals surface area contributed by atoms with Crippen molar-refractivity contribution in [1.29, 1.82) is 0 Å². The molecular weight excluding hydrogens is 452 g/mol. The number of carbonyl (C=O) groups excluding carboxylic acids is 3. The molecule has 186 valence electrons. The van der Waals surface area contributed by atoms with Gasteiger partial charge in [-0.15, -0.1) is 11.8 Å². The van der Waals surface area contributed by atoms with Crippen molar-refractivity contribution in [3.63, 3.8) is 0 Å². The third-order valence-electron chi connectivity index (χ3n) is 8.39. The van der Waals surface area contributed by atoms with E-state index in [4.69, 9.17) is 4.74 Å². The van der Waals surface area contributed by atoms with Crippen LogP contribution in [0.15, 0.2) is 24.3 Å². The molecule has 1 aliphatic carbocycles. The van der Waals surface area contributed by atoms with Crippen LogP contribution in [0.4, 0.5) is 0 Å². The molecule has 0 bridgehead atoms. The highest BCUT2D eigenvalue weighted by molar-refractivity contribution is 8.02. The van der Waals surface area contributed by atoms with Crippen molar-refractivity contribution >= 4 is 29.5 Å². The number of allylic oxidation sites excluding steroid dienone is 1. The predicted octanol–water partition coefficient (Wildman–Crippen LogP) is 2.68. The van der Waals surface area contributed by atoms with Crippen molar-refractivity contribution < 1.29 is 24.2 Å². The fourth-order valence-corrected chi connectivity index (χ4v) is 9.04. The zero-order chi connectivity index (χ0) is 23.9. The molecule has 8 heteroatoms. The summed E-state index contributed by atoms with van der Waals surface area (Å²) in [6.45, 7) is 2.76. The number of β-amino-alcohol motifs (C(OH)–C–C–N with tert-alkyl or cyclic N) is 1. The van der Waals surface area contributed by atoms with Gasteiger partial charge in [0.25, 0.3) is 0 Å². The average molecular weight is 489 g/mol. The van der Waals surface area contributed by atoms with E-state index in [0.29, 0.717) is 13.2 Å². The van der Waals surface area contributed by atoms with Crippen LogP contribution in [-0.4, -0.2) is 80.6 Å².